The lowest BCUT2D eigenvalue weighted by atomic mass is 10.1. The Morgan fingerprint density at radius 1 is 0.933 bits per heavy atom. The van der Waals surface area contributed by atoms with Gasteiger partial charge >= 0.3 is 0 Å². The first-order valence-corrected chi connectivity index (χ1v) is 4.98. The van der Waals surface area contributed by atoms with E-state index >= 15 is 0 Å². The van der Waals surface area contributed by atoms with E-state index in [1.807, 2.05) is 37.4 Å². The van der Waals surface area contributed by atoms with Crippen LogP contribution in [0.25, 0.3) is 21.9 Å². The molecule has 0 bridgehead atoms. The predicted octanol–water partition coefficient (Wildman–Crippen LogP) is 3.63. The zero-order valence-corrected chi connectivity index (χ0v) is 8.45. The Morgan fingerprint density at radius 3 is 2.60 bits per heavy atom. The van der Waals surface area contributed by atoms with Gasteiger partial charge in [-0.2, -0.15) is 0 Å². The normalized spacial score (nSPS) is 11.0. The molecule has 0 spiro atoms. The Kier molecular flexibility index (Phi) is 1.68. The van der Waals surface area contributed by atoms with Crippen LogP contribution in [-0.2, 0) is 0 Å². The van der Waals surface area contributed by atoms with Crippen LogP contribution < -0.4 is 5.32 Å². The lowest BCUT2D eigenvalue weighted by molar-refractivity contribution is 0.670. The zero-order chi connectivity index (χ0) is 10.3. The first kappa shape index (κ1) is 8.36. The van der Waals surface area contributed by atoms with Gasteiger partial charge in [0.05, 0.1) is 5.69 Å². The smallest absolute Gasteiger partial charge is 0.158 e. The van der Waals surface area contributed by atoms with Crippen LogP contribution in [0.5, 0.6) is 0 Å². The molecule has 0 aliphatic rings. The number of nitrogens with one attached hydrogen (secondary N) is 1. The molecule has 74 valence electrons. The fourth-order valence-electron chi connectivity index (χ4n) is 1.94. The van der Waals surface area contributed by atoms with E-state index in [1.165, 1.54) is 5.39 Å². The third kappa shape index (κ3) is 1.11. The van der Waals surface area contributed by atoms with Gasteiger partial charge in [-0.25, -0.2) is 0 Å². The second-order valence-electron chi connectivity index (χ2n) is 3.53. The van der Waals surface area contributed by atoms with E-state index in [2.05, 4.69) is 17.4 Å². The second kappa shape index (κ2) is 3.02. The highest BCUT2D eigenvalue weighted by molar-refractivity contribution is 6.08. The maximum atomic E-state index is 5.81. The topological polar surface area (TPSA) is 25.2 Å². The van der Waals surface area contributed by atoms with Crippen molar-refractivity contribution >= 4 is 27.6 Å². The molecule has 0 aliphatic heterocycles. The summed E-state index contributed by atoms with van der Waals surface area (Å²) in [5, 5.41) is 5.47. The van der Waals surface area contributed by atoms with Crippen molar-refractivity contribution in [3.05, 3.63) is 42.5 Å². The fourth-order valence-corrected chi connectivity index (χ4v) is 1.94. The Hall–Kier alpha value is -1.96. The Labute approximate surface area is 87.5 Å². The molecule has 2 nitrogen and oxygen atoms in total. The molecule has 0 saturated heterocycles. The summed E-state index contributed by atoms with van der Waals surface area (Å²) in [4.78, 5) is 0. The minimum atomic E-state index is 0.932. The van der Waals surface area contributed by atoms with Crippen molar-refractivity contribution < 1.29 is 4.42 Å². The Bertz CT molecular complexity index is 625. The summed E-state index contributed by atoms with van der Waals surface area (Å²) in [6.07, 6.45) is 0. The molecule has 0 aliphatic carbocycles. The Balaban J connectivity index is 2.53. The van der Waals surface area contributed by atoms with Gasteiger partial charge in [-0.1, -0.05) is 30.3 Å². The molecule has 0 atom stereocenters. The summed E-state index contributed by atoms with van der Waals surface area (Å²) < 4.78 is 5.81. The van der Waals surface area contributed by atoms with Crippen molar-refractivity contribution in [1.82, 2.24) is 0 Å². The van der Waals surface area contributed by atoms with E-state index in [9.17, 15) is 0 Å². The number of rotatable bonds is 1. The lowest BCUT2D eigenvalue weighted by Crippen LogP contribution is -1.86. The van der Waals surface area contributed by atoms with Crippen LogP contribution in [0.1, 0.15) is 0 Å². The molecule has 2 aromatic carbocycles. The van der Waals surface area contributed by atoms with E-state index in [0.29, 0.717) is 0 Å². The molecule has 1 N–H and O–H groups in total. The summed E-state index contributed by atoms with van der Waals surface area (Å²) in [6, 6.07) is 14.2. The molecular formula is C13H11NO. The molecule has 1 aromatic heterocycles. The first-order valence-electron chi connectivity index (χ1n) is 4.98. The number of para-hydroxylation sites is 2. The van der Waals surface area contributed by atoms with Crippen LogP contribution in [0.3, 0.4) is 0 Å². The van der Waals surface area contributed by atoms with Gasteiger partial charge in [0.15, 0.2) is 5.58 Å². The lowest BCUT2D eigenvalue weighted by Gasteiger charge is -1.98. The molecule has 15 heavy (non-hydrogen) atoms. The highest BCUT2D eigenvalue weighted by Crippen LogP contribution is 2.32. The van der Waals surface area contributed by atoms with Crippen molar-refractivity contribution in [3.8, 4) is 0 Å². The van der Waals surface area contributed by atoms with Gasteiger partial charge in [0, 0.05) is 17.8 Å². The number of furan rings is 1. The van der Waals surface area contributed by atoms with E-state index in [4.69, 9.17) is 4.42 Å². The summed E-state index contributed by atoms with van der Waals surface area (Å²) in [7, 11) is 1.90. The number of fused-ring (bicyclic) bond motifs is 3. The van der Waals surface area contributed by atoms with E-state index < -0.39 is 0 Å². The van der Waals surface area contributed by atoms with Gasteiger partial charge in [0.25, 0.3) is 0 Å². The zero-order valence-electron chi connectivity index (χ0n) is 8.45. The molecule has 1 heterocycles. The molecule has 0 radical (unpaired) electrons. The van der Waals surface area contributed by atoms with Crippen molar-refractivity contribution in [2.45, 2.75) is 0 Å². The van der Waals surface area contributed by atoms with Gasteiger partial charge in [-0.15, -0.1) is 0 Å². The highest BCUT2D eigenvalue weighted by Gasteiger charge is 2.08. The molecule has 0 amide bonds. The average Bonchev–Trinajstić information content (AvgIpc) is 2.67. The maximum Gasteiger partial charge on any atom is 0.158 e. The minimum absolute atomic E-state index is 0.932. The van der Waals surface area contributed by atoms with Gasteiger partial charge in [-0.3, -0.25) is 0 Å². The molecular weight excluding hydrogens is 186 g/mol. The van der Waals surface area contributed by atoms with Gasteiger partial charge in [-0.05, 0) is 12.1 Å². The van der Waals surface area contributed by atoms with Crippen molar-refractivity contribution in [2.75, 3.05) is 12.4 Å². The van der Waals surface area contributed by atoms with Crippen LogP contribution in [0.4, 0.5) is 5.69 Å². The molecule has 2 heteroatoms. The standard InChI is InChI=1S/C13H11NO/c1-14-11-7-4-6-10-9-5-2-3-8-12(9)15-13(10)11/h2-8,14H,1H3. The quantitative estimate of drug-likeness (QED) is 0.644. The number of benzene rings is 2. The van der Waals surface area contributed by atoms with Gasteiger partial charge in [0.2, 0.25) is 0 Å². The summed E-state index contributed by atoms with van der Waals surface area (Å²) in [6.45, 7) is 0. The van der Waals surface area contributed by atoms with E-state index in [1.54, 1.807) is 0 Å². The SMILES string of the molecule is CNc1cccc2c1oc1ccccc12. The largest absolute Gasteiger partial charge is 0.454 e. The Morgan fingerprint density at radius 2 is 1.73 bits per heavy atom. The van der Waals surface area contributed by atoms with Crippen LogP contribution >= 0.6 is 0 Å². The van der Waals surface area contributed by atoms with Gasteiger partial charge < -0.3 is 9.73 Å². The minimum Gasteiger partial charge on any atom is -0.454 e. The molecule has 3 aromatic rings. The predicted molar refractivity (Wildman–Crippen MR) is 63.3 cm³/mol. The van der Waals surface area contributed by atoms with Crippen LogP contribution in [0.15, 0.2) is 46.9 Å². The van der Waals surface area contributed by atoms with E-state index in [-0.39, 0.29) is 0 Å². The average molecular weight is 197 g/mol. The summed E-state index contributed by atoms with van der Waals surface area (Å²) in [5.74, 6) is 0. The van der Waals surface area contributed by atoms with Crippen molar-refractivity contribution in [3.63, 3.8) is 0 Å². The molecule has 0 saturated carbocycles. The fraction of sp³-hybridized carbons (Fsp3) is 0.0769. The van der Waals surface area contributed by atoms with Gasteiger partial charge in [0.1, 0.15) is 5.58 Å². The summed E-state index contributed by atoms with van der Waals surface area (Å²) >= 11 is 0. The maximum absolute atomic E-state index is 5.81. The van der Waals surface area contributed by atoms with Crippen LogP contribution in [-0.4, -0.2) is 7.05 Å². The van der Waals surface area contributed by atoms with Crippen molar-refractivity contribution in [1.29, 1.82) is 0 Å². The summed E-state index contributed by atoms with van der Waals surface area (Å²) in [5.41, 5.74) is 2.90. The molecule has 3 rings (SSSR count). The first-order chi connectivity index (χ1) is 7.40. The number of anilines is 1. The van der Waals surface area contributed by atoms with Crippen LogP contribution in [0, 0.1) is 0 Å². The third-order valence-electron chi connectivity index (χ3n) is 2.67. The number of hydrogen-bond acceptors (Lipinski definition) is 2. The molecule has 0 unspecified atom stereocenters. The second-order valence-corrected chi connectivity index (χ2v) is 3.53. The van der Waals surface area contributed by atoms with Crippen molar-refractivity contribution in [2.24, 2.45) is 0 Å². The van der Waals surface area contributed by atoms with Crippen LogP contribution in [0.2, 0.25) is 0 Å². The molecule has 0 fully saturated rings. The highest BCUT2D eigenvalue weighted by atomic mass is 16.3. The third-order valence-corrected chi connectivity index (χ3v) is 2.67. The monoisotopic (exact) mass is 197 g/mol. The van der Waals surface area contributed by atoms with E-state index in [0.717, 1.165) is 22.2 Å². The number of hydrogen-bond donors (Lipinski definition) is 1.